The van der Waals surface area contributed by atoms with Gasteiger partial charge in [0.05, 0.1) is 13.0 Å². The van der Waals surface area contributed by atoms with Crippen molar-refractivity contribution in [3.63, 3.8) is 0 Å². The quantitative estimate of drug-likeness (QED) is 0.786. The summed E-state index contributed by atoms with van der Waals surface area (Å²) >= 11 is 0. The maximum absolute atomic E-state index is 13.5. The molecule has 2 heterocycles. The number of nitrogens with zero attached hydrogens (tertiary/aromatic N) is 1. The summed E-state index contributed by atoms with van der Waals surface area (Å²) in [6.45, 7) is 0. The first-order valence-electron chi connectivity index (χ1n) is 7.27. The van der Waals surface area contributed by atoms with Gasteiger partial charge in [-0.1, -0.05) is 0 Å². The minimum absolute atomic E-state index is 0.0903. The summed E-state index contributed by atoms with van der Waals surface area (Å²) in [5, 5.41) is 0. The van der Waals surface area contributed by atoms with Crippen LogP contribution in [0.3, 0.4) is 0 Å². The minimum atomic E-state index is -0.597. The predicted molar refractivity (Wildman–Crippen MR) is 73.8 cm³/mol. The van der Waals surface area contributed by atoms with Crippen LogP contribution in [0.5, 0.6) is 0 Å². The van der Waals surface area contributed by atoms with Crippen molar-refractivity contribution in [1.29, 1.82) is 0 Å². The van der Waals surface area contributed by atoms with Crippen LogP contribution in [0.15, 0.2) is 18.2 Å². The smallest absolute Gasteiger partial charge is 0.310 e. The highest BCUT2D eigenvalue weighted by molar-refractivity contribution is 5.75. The third-order valence-corrected chi connectivity index (χ3v) is 5.06. The van der Waals surface area contributed by atoms with E-state index >= 15 is 0 Å². The first kappa shape index (κ1) is 14.4. The number of piperidine rings is 1. The second kappa shape index (κ2) is 5.37. The lowest BCUT2D eigenvalue weighted by atomic mass is 9.76. The zero-order chi connectivity index (χ0) is 15.1. The molecule has 0 saturated carbocycles. The topological polar surface area (TPSA) is 29.5 Å². The molecule has 0 unspecified atom stereocenters. The Morgan fingerprint density at radius 2 is 1.90 bits per heavy atom. The SMILES string of the molecule is COC(=O)[C@H]1[C@@H](c2cc(F)cc(F)c2)C[C@@H]2CC[C@H]1N2C. The zero-order valence-electron chi connectivity index (χ0n) is 12.2. The van der Waals surface area contributed by atoms with Gasteiger partial charge < -0.3 is 4.74 Å². The molecule has 0 aromatic heterocycles. The van der Waals surface area contributed by atoms with E-state index in [0.29, 0.717) is 11.6 Å². The number of esters is 1. The molecule has 2 aliphatic heterocycles. The van der Waals surface area contributed by atoms with Crippen LogP contribution in [-0.4, -0.2) is 37.1 Å². The molecule has 4 atom stereocenters. The van der Waals surface area contributed by atoms with E-state index in [2.05, 4.69) is 4.90 Å². The molecule has 3 rings (SSSR count). The van der Waals surface area contributed by atoms with E-state index < -0.39 is 11.6 Å². The van der Waals surface area contributed by atoms with Gasteiger partial charge in [-0.25, -0.2) is 8.78 Å². The zero-order valence-corrected chi connectivity index (χ0v) is 12.2. The van der Waals surface area contributed by atoms with E-state index in [1.165, 1.54) is 19.2 Å². The second-order valence-corrected chi connectivity index (χ2v) is 6.06. The Balaban J connectivity index is 2.00. The Kier molecular flexibility index (Phi) is 3.69. The van der Waals surface area contributed by atoms with Crippen molar-refractivity contribution in [3.05, 3.63) is 35.4 Å². The Morgan fingerprint density at radius 3 is 2.52 bits per heavy atom. The number of hydrogen-bond donors (Lipinski definition) is 0. The molecule has 1 aromatic carbocycles. The Morgan fingerprint density at radius 1 is 1.24 bits per heavy atom. The van der Waals surface area contributed by atoms with Gasteiger partial charge in [0.2, 0.25) is 0 Å². The number of fused-ring (bicyclic) bond motifs is 2. The fraction of sp³-hybridized carbons (Fsp3) is 0.562. The molecule has 2 aliphatic rings. The molecule has 114 valence electrons. The maximum Gasteiger partial charge on any atom is 0.310 e. The molecular formula is C16H19F2NO2. The van der Waals surface area contributed by atoms with Crippen LogP contribution in [-0.2, 0) is 9.53 Å². The molecule has 2 fully saturated rings. The van der Waals surface area contributed by atoms with Crippen LogP contribution >= 0.6 is 0 Å². The molecule has 21 heavy (non-hydrogen) atoms. The van der Waals surface area contributed by atoms with Crippen LogP contribution in [0, 0.1) is 17.6 Å². The number of methoxy groups -OCH3 is 1. The highest BCUT2D eigenvalue weighted by Gasteiger charge is 2.49. The fourth-order valence-electron chi connectivity index (χ4n) is 4.06. The van der Waals surface area contributed by atoms with Crippen molar-refractivity contribution in [2.24, 2.45) is 5.92 Å². The molecule has 2 saturated heterocycles. The van der Waals surface area contributed by atoms with E-state index in [-0.39, 0.29) is 23.8 Å². The lowest BCUT2D eigenvalue weighted by Gasteiger charge is -2.41. The van der Waals surface area contributed by atoms with Crippen molar-refractivity contribution < 1.29 is 18.3 Å². The Hall–Kier alpha value is -1.49. The summed E-state index contributed by atoms with van der Waals surface area (Å²) in [5.74, 6) is -2.03. The number of benzene rings is 1. The van der Waals surface area contributed by atoms with E-state index in [4.69, 9.17) is 4.74 Å². The molecular weight excluding hydrogens is 276 g/mol. The largest absolute Gasteiger partial charge is 0.469 e. The molecule has 0 radical (unpaired) electrons. The lowest BCUT2D eigenvalue weighted by Crippen LogP contribution is -2.49. The molecule has 1 aromatic rings. The highest BCUT2D eigenvalue weighted by atomic mass is 19.1. The number of halogens is 2. The van der Waals surface area contributed by atoms with Gasteiger partial charge >= 0.3 is 5.97 Å². The standard InChI is InChI=1S/C16H19F2NO2/c1-19-12-3-4-14(19)15(16(20)21-2)13(8-12)9-5-10(17)7-11(18)6-9/h5-7,12-15H,3-4,8H2,1-2H3/t12-,13+,14+,15-/m0/s1. The second-order valence-electron chi connectivity index (χ2n) is 6.06. The molecule has 0 spiro atoms. The average molecular weight is 295 g/mol. The summed E-state index contributed by atoms with van der Waals surface area (Å²) < 4.78 is 32.0. The van der Waals surface area contributed by atoms with E-state index in [9.17, 15) is 13.6 Å². The van der Waals surface area contributed by atoms with Gasteiger partial charge in [-0.05, 0) is 44.0 Å². The molecule has 0 N–H and O–H groups in total. The first-order valence-corrected chi connectivity index (χ1v) is 7.27. The monoisotopic (exact) mass is 295 g/mol. The van der Waals surface area contributed by atoms with Gasteiger partial charge in [0, 0.05) is 24.1 Å². The first-order chi connectivity index (χ1) is 10.0. The predicted octanol–water partition coefficient (Wildman–Crippen LogP) is 2.70. The summed E-state index contributed by atoms with van der Waals surface area (Å²) in [4.78, 5) is 14.4. The van der Waals surface area contributed by atoms with E-state index in [1.807, 2.05) is 7.05 Å². The summed E-state index contributed by atoms with van der Waals surface area (Å²) in [6, 6.07) is 4.00. The van der Waals surface area contributed by atoms with Crippen LogP contribution in [0.2, 0.25) is 0 Å². The van der Waals surface area contributed by atoms with Gasteiger partial charge in [0.1, 0.15) is 11.6 Å². The van der Waals surface area contributed by atoms with Crippen molar-refractivity contribution in [3.8, 4) is 0 Å². The normalized spacial score (nSPS) is 32.2. The van der Waals surface area contributed by atoms with Gasteiger partial charge in [0.15, 0.2) is 0 Å². The highest BCUT2D eigenvalue weighted by Crippen LogP contribution is 2.46. The van der Waals surface area contributed by atoms with Gasteiger partial charge in [-0.15, -0.1) is 0 Å². The molecule has 3 nitrogen and oxygen atoms in total. The van der Waals surface area contributed by atoms with Gasteiger partial charge in [0.25, 0.3) is 0 Å². The molecule has 0 amide bonds. The maximum atomic E-state index is 13.5. The van der Waals surface area contributed by atoms with Gasteiger partial charge in [-0.2, -0.15) is 0 Å². The minimum Gasteiger partial charge on any atom is -0.469 e. The summed E-state index contributed by atoms with van der Waals surface area (Å²) in [7, 11) is 3.38. The number of hydrogen-bond acceptors (Lipinski definition) is 3. The van der Waals surface area contributed by atoms with Crippen LogP contribution in [0.25, 0.3) is 0 Å². The van der Waals surface area contributed by atoms with E-state index in [0.717, 1.165) is 25.3 Å². The van der Waals surface area contributed by atoms with Gasteiger partial charge in [-0.3, -0.25) is 9.69 Å². The summed E-state index contributed by atoms with van der Waals surface area (Å²) in [6.07, 6.45) is 2.67. The van der Waals surface area contributed by atoms with Crippen molar-refractivity contribution in [2.75, 3.05) is 14.2 Å². The Labute approximate surface area is 122 Å². The van der Waals surface area contributed by atoms with Crippen LogP contribution in [0.4, 0.5) is 8.78 Å². The lowest BCUT2D eigenvalue weighted by molar-refractivity contribution is -0.150. The van der Waals surface area contributed by atoms with E-state index in [1.54, 1.807) is 0 Å². The third-order valence-electron chi connectivity index (χ3n) is 5.06. The average Bonchev–Trinajstić information content (AvgIpc) is 2.69. The number of ether oxygens (including phenoxy) is 1. The number of carbonyl (C=O) groups excluding carboxylic acids is 1. The molecule has 2 bridgehead atoms. The number of rotatable bonds is 2. The number of carbonyl (C=O) groups is 1. The fourth-order valence-corrected chi connectivity index (χ4v) is 4.06. The molecule has 0 aliphatic carbocycles. The van der Waals surface area contributed by atoms with Crippen molar-refractivity contribution >= 4 is 5.97 Å². The van der Waals surface area contributed by atoms with Crippen LogP contribution < -0.4 is 0 Å². The third kappa shape index (κ3) is 2.44. The molecule has 5 heteroatoms. The Bertz CT molecular complexity index is 543. The van der Waals surface area contributed by atoms with Crippen molar-refractivity contribution in [2.45, 2.75) is 37.3 Å². The van der Waals surface area contributed by atoms with Crippen LogP contribution in [0.1, 0.15) is 30.7 Å². The summed E-state index contributed by atoms with van der Waals surface area (Å²) in [5.41, 5.74) is 0.563. The van der Waals surface area contributed by atoms with Crippen molar-refractivity contribution in [1.82, 2.24) is 4.90 Å².